The molecule has 0 N–H and O–H groups in total. The van der Waals surface area contributed by atoms with Gasteiger partial charge in [-0.2, -0.15) is 0 Å². The number of amides is 1. The summed E-state index contributed by atoms with van der Waals surface area (Å²) in [7, 11) is 0. The van der Waals surface area contributed by atoms with Gasteiger partial charge < -0.3 is 14.5 Å². The molecule has 0 unspecified atom stereocenters. The van der Waals surface area contributed by atoms with Gasteiger partial charge >= 0.3 is 0 Å². The van der Waals surface area contributed by atoms with Gasteiger partial charge in [-0.15, -0.1) is 0 Å². The van der Waals surface area contributed by atoms with E-state index in [1.807, 2.05) is 11.8 Å². The largest absolute Gasteiger partial charge is 0.491 e. The zero-order chi connectivity index (χ0) is 15.4. The van der Waals surface area contributed by atoms with Gasteiger partial charge in [0.15, 0.2) is 5.75 Å². The topological polar surface area (TPSA) is 32.8 Å². The average Bonchev–Trinajstić information content (AvgIpc) is 2.50. The summed E-state index contributed by atoms with van der Waals surface area (Å²) in [5, 5.41) is 0.750. The minimum Gasteiger partial charge on any atom is -0.491 e. The lowest BCUT2D eigenvalue weighted by Gasteiger charge is -2.34. The fourth-order valence-corrected chi connectivity index (χ4v) is 3.01. The van der Waals surface area contributed by atoms with Gasteiger partial charge in [0, 0.05) is 31.7 Å². The molecule has 2 rings (SSSR count). The molecule has 4 nitrogen and oxygen atoms in total. The molecule has 0 saturated carbocycles. The monoisotopic (exact) mass is 330 g/mol. The number of carbonyl (C=O) groups is 1. The molecule has 1 aliphatic heterocycles. The van der Waals surface area contributed by atoms with Crippen LogP contribution in [0.4, 0.5) is 0 Å². The summed E-state index contributed by atoms with van der Waals surface area (Å²) in [6.07, 6.45) is 0. The van der Waals surface area contributed by atoms with Crippen LogP contribution in [-0.2, 0) is 0 Å². The Bertz CT molecular complexity index is 491. The van der Waals surface area contributed by atoms with Crippen LogP contribution in [0.3, 0.4) is 0 Å². The second-order valence-corrected chi connectivity index (χ2v) is 5.74. The van der Waals surface area contributed by atoms with E-state index in [9.17, 15) is 4.79 Å². The molecular formula is C15H20Cl2N2O2. The summed E-state index contributed by atoms with van der Waals surface area (Å²) < 4.78 is 5.38. The van der Waals surface area contributed by atoms with Crippen molar-refractivity contribution in [2.24, 2.45) is 0 Å². The van der Waals surface area contributed by atoms with E-state index in [-0.39, 0.29) is 5.91 Å². The zero-order valence-corrected chi connectivity index (χ0v) is 13.9. The molecule has 1 fully saturated rings. The standard InChI is InChI=1S/C15H20Cl2N2O2/c1-3-18-5-7-19(8-6-18)15(20)11-9-12(16)14(21-4-2)13(17)10-11/h9-10H,3-8H2,1-2H3. The number of rotatable bonds is 4. The molecule has 6 heteroatoms. The number of hydrogen-bond acceptors (Lipinski definition) is 3. The van der Waals surface area contributed by atoms with Crippen molar-refractivity contribution in [3.63, 3.8) is 0 Å². The first-order valence-corrected chi connectivity index (χ1v) is 7.95. The maximum Gasteiger partial charge on any atom is 0.254 e. The van der Waals surface area contributed by atoms with Crippen molar-refractivity contribution in [3.8, 4) is 5.75 Å². The fraction of sp³-hybridized carbons (Fsp3) is 0.533. The second kappa shape index (κ2) is 7.34. The molecule has 1 heterocycles. The van der Waals surface area contributed by atoms with E-state index in [0.29, 0.717) is 28.0 Å². The Hall–Kier alpha value is -0.970. The van der Waals surface area contributed by atoms with Gasteiger partial charge in [-0.05, 0) is 25.6 Å². The van der Waals surface area contributed by atoms with Crippen molar-refractivity contribution in [1.82, 2.24) is 9.80 Å². The molecule has 21 heavy (non-hydrogen) atoms. The number of carbonyl (C=O) groups excluding carboxylic acids is 1. The summed E-state index contributed by atoms with van der Waals surface area (Å²) in [6.45, 7) is 8.75. The number of hydrogen-bond donors (Lipinski definition) is 0. The first-order chi connectivity index (χ1) is 10.1. The Morgan fingerprint density at radius 3 is 2.19 bits per heavy atom. The normalized spacial score (nSPS) is 16.1. The number of halogens is 2. The van der Waals surface area contributed by atoms with E-state index >= 15 is 0 Å². The lowest BCUT2D eigenvalue weighted by molar-refractivity contribution is 0.0643. The highest BCUT2D eigenvalue weighted by Gasteiger charge is 2.23. The van der Waals surface area contributed by atoms with Crippen molar-refractivity contribution in [3.05, 3.63) is 27.7 Å². The minimum atomic E-state index is -0.0300. The van der Waals surface area contributed by atoms with Crippen LogP contribution in [0, 0.1) is 0 Å². The third-order valence-electron chi connectivity index (χ3n) is 3.64. The Morgan fingerprint density at radius 1 is 1.14 bits per heavy atom. The van der Waals surface area contributed by atoms with Crippen molar-refractivity contribution in [1.29, 1.82) is 0 Å². The second-order valence-electron chi connectivity index (χ2n) is 4.93. The quantitative estimate of drug-likeness (QED) is 0.850. The third kappa shape index (κ3) is 3.82. The summed E-state index contributed by atoms with van der Waals surface area (Å²) in [5.41, 5.74) is 0.512. The molecule has 1 aromatic rings. The van der Waals surface area contributed by atoms with Crippen molar-refractivity contribution in [2.45, 2.75) is 13.8 Å². The summed E-state index contributed by atoms with van der Waals surface area (Å²) >= 11 is 12.3. The predicted molar refractivity (Wildman–Crippen MR) is 85.6 cm³/mol. The third-order valence-corrected chi connectivity index (χ3v) is 4.20. The molecule has 0 aromatic heterocycles. The molecule has 0 atom stereocenters. The van der Waals surface area contributed by atoms with E-state index in [4.69, 9.17) is 27.9 Å². The molecule has 1 aromatic carbocycles. The van der Waals surface area contributed by atoms with E-state index in [2.05, 4.69) is 11.8 Å². The van der Waals surface area contributed by atoms with Crippen LogP contribution in [0.1, 0.15) is 24.2 Å². The van der Waals surface area contributed by atoms with Crippen LogP contribution in [0.2, 0.25) is 10.0 Å². The lowest BCUT2D eigenvalue weighted by atomic mass is 10.1. The highest BCUT2D eigenvalue weighted by atomic mass is 35.5. The lowest BCUT2D eigenvalue weighted by Crippen LogP contribution is -2.48. The van der Waals surface area contributed by atoms with Gasteiger partial charge in [0.2, 0.25) is 0 Å². The van der Waals surface area contributed by atoms with Gasteiger partial charge in [-0.3, -0.25) is 4.79 Å². The van der Waals surface area contributed by atoms with Crippen LogP contribution < -0.4 is 4.74 Å². The summed E-state index contributed by atoms with van der Waals surface area (Å²) in [4.78, 5) is 16.7. The molecule has 0 spiro atoms. The van der Waals surface area contributed by atoms with E-state index in [1.165, 1.54) is 0 Å². The average molecular weight is 331 g/mol. The minimum absolute atomic E-state index is 0.0300. The smallest absolute Gasteiger partial charge is 0.254 e. The molecule has 1 aliphatic rings. The van der Waals surface area contributed by atoms with Gasteiger partial charge in [-0.1, -0.05) is 30.1 Å². The van der Waals surface area contributed by atoms with Crippen molar-refractivity contribution < 1.29 is 9.53 Å². The van der Waals surface area contributed by atoms with Crippen LogP contribution >= 0.6 is 23.2 Å². The molecule has 0 aliphatic carbocycles. The molecule has 1 amide bonds. The Morgan fingerprint density at radius 2 is 1.71 bits per heavy atom. The molecule has 1 saturated heterocycles. The van der Waals surface area contributed by atoms with Gasteiger partial charge in [0.25, 0.3) is 5.91 Å². The SMILES string of the molecule is CCOc1c(Cl)cc(C(=O)N2CCN(CC)CC2)cc1Cl. The summed E-state index contributed by atoms with van der Waals surface area (Å²) in [6, 6.07) is 3.26. The molecule has 0 radical (unpaired) electrons. The van der Waals surface area contributed by atoms with Crippen LogP contribution in [0.5, 0.6) is 5.75 Å². The predicted octanol–water partition coefficient (Wildman–Crippen LogP) is 3.17. The maximum absolute atomic E-state index is 12.5. The van der Waals surface area contributed by atoms with Gasteiger partial charge in [0.1, 0.15) is 0 Å². The first kappa shape index (κ1) is 16.4. The highest BCUT2D eigenvalue weighted by molar-refractivity contribution is 6.37. The van der Waals surface area contributed by atoms with Crippen LogP contribution in [0.15, 0.2) is 12.1 Å². The van der Waals surface area contributed by atoms with Gasteiger partial charge in [-0.25, -0.2) is 0 Å². The number of benzene rings is 1. The van der Waals surface area contributed by atoms with Crippen LogP contribution in [-0.4, -0.2) is 55.0 Å². The van der Waals surface area contributed by atoms with E-state index in [1.54, 1.807) is 12.1 Å². The number of ether oxygens (including phenoxy) is 1. The Kier molecular flexibility index (Phi) is 5.73. The number of nitrogens with zero attached hydrogens (tertiary/aromatic N) is 2. The number of piperazine rings is 1. The van der Waals surface area contributed by atoms with Crippen LogP contribution in [0.25, 0.3) is 0 Å². The Labute approximate surface area is 135 Å². The van der Waals surface area contributed by atoms with E-state index < -0.39 is 0 Å². The van der Waals surface area contributed by atoms with E-state index in [0.717, 1.165) is 32.7 Å². The zero-order valence-electron chi connectivity index (χ0n) is 12.4. The highest BCUT2D eigenvalue weighted by Crippen LogP contribution is 2.34. The molecule has 0 bridgehead atoms. The Balaban J connectivity index is 2.13. The summed E-state index contributed by atoms with van der Waals surface area (Å²) in [5.74, 6) is 0.408. The van der Waals surface area contributed by atoms with Crippen molar-refractivity contribution >= 4 is 29.1 Å². The van der Waals surface area contributed by atoms with Crippen molar-refractivity contribution in [2.75, 3.05) is 39.3 Å². The fourth-order valence-electron chi connectivity index (χ4n) is 2.42. The molecule has 116 valence electrons. The van der Waals surface area contributed by atoms with Gasteiger partial charge in [0.05, 0.1) is 16.7 Å². The number of likely N-dealkylation sites (N-methyl/N-ethyl adjacent to an activating group) is 1. The first-order valence-electron chi connectivity index (χ1n) is 7.20. The molecular weight excluding hydrogens is 311 g/mol. The maximum atomic E-state index is 12.5.